The fourth-order valence-electron chi connectivity index (χ4n) is 5.29. The maximum absolute atomic E-state index is 12.6. The molecule has 3 aliphatic rings. The van der Waals surface area contributed by atoms with Gasteiger partial charge in [0, 0.05) is 29.6 Å². The van der Waals surface area contributed by atoms with Crippen LogP contribution in [0.5, 0.6) is 5.75 Å². The lowest BCUT2D eigenvalue weighted by molar-refractivity contribution is -0.132. The van der Waals surface area contributed by atoms with E-state index in [0.29, 0.717) is 23.2 Å². The van der Waals surface area contributed by atoms with Crippen molar-refractivity contribution in [2.45, 2.75) is 45.4 Å². The average molecular weight is 367 g/mol. The molecule has 5 heteroatoms. The second-order valence-corrected chi connectivity index (χ2v) is 8.30. The summed E-state index contributed by atoms with van der Waals surface area (Å²) in [5, 5.41) is 1.01. The van der Waals surface area contributed by atoms with Gasteiger partial charge in [-0.2, -0.15) is 0 Å². The molecule has 142 valence electrons. The summed E-state index contributed by atoms with van der Waals surface area (Å²) in [4.78, 5) is 26.8. The monoisotopic (exact) mass is 367 g/mol. The van der Waals surface area contributed by atoms with Crippen LogP contribution in [0.2, 0.25) is 0 Å². The lowest BCUT2D eigenvalue weighted by Crippen LogP contribution is -2.33. The van der Waals surface area contributed by atoms with Crippen LogP contribution in [0.15, 0.2) is 21.3 Å². The smallest absolute Gasteiger partial charge is 0.339 e. The SMILES string of the molecule is Cc1c(OCC(=O)N2C[C@H]3CCC[C@H]3C2)ccc2c3c(c(=O)oc12)CCC3. The number of aryl methyl sites for hydroxylation is 2. The number of hydrogen-bond acceptors (Lipinski definition) is 4. The number of likely N-dealkylation sites (tertiary alicyclic amines) is 1. The summed E-state index contributed by atoms with van der Waals surface area (Å²) < 4.78 is 11.4. The highest BCUT2D eigenvalue weighted by molar-refractivity contribution is 5.86. The van der Waals surface area contributed by atoms with Gasteiger partial charge in [-0.3, -0.25) is 4.79 Å². The van der Waals surface area contributed by atoms with Gasteiger partial charge in [-0.1, -0.05) is 6.42 Å². The van der Waals surface area contributed by atoms with Crippen LogP contribution in [0.3, 0.4) is 0 Å². The number of hydrogen-bond donors (Lipinski definition) is 0. The molecule has 0 N–H and O–H groups in total. The zero-order valence-corrected chi connectivity index (χ0v) is 15.8. The van der Waals surface area contributed by atoms with Crippen molar-refractivity contribution in [2.75, 3.05) is 19.7 Å². The molecule has 0 bridgehead atoms. The highest BCUT2D eigenvalue weighted by atomic mass is 16.5. The zero-order chi connectivity index (χ0) is 18.5. The highest BCUT2D eigenvalue weighted by Gasteiger charge is 2.38. The third-order valence-electron chi connectivity index (χ3n) is 6.77. The normalized spacial score (nSPS) is 23.7. The third-order valence-corrected chi connectivity index (χ3v) is 6.77. The summed E-state index contributed by atoms with van der Waals surface area (Å²) >= 11 is 0. The fourth-order valence-corrected chi connectivity index (χ4v) is 5.29. The standard InChI is InChI=1S/C22H25NO4/c1-13-19(26-12-20(24)23-10-14-4-2-5-15(14)11-23)9-8-17-16-6-3-7-18(16)22(25)27-21(13)17/h8-9,14-15H,2-7,10-12H2,1H3/t14-,15+. The maximum Gasteiger partial charge on any atom is 0.339 e. The van der Waals surface area contributed by atoms with E-state index in [2.05, 4.69) is 0 Å². The lowest BCUT2D eigenvalue weighted by Gasteiger charge is -2.18. The molecule has 27 heavy (non-hydrogen) atoms. The van der Waals surface area contributed by atoms with Gasteiger partial charge in [0.05, 0.1) is 0 Å². The quantitative estimate of drug-likeness (QED) is 0.782. The Balaban J connectivity index is 1.35. The second-order valence-electron chi connectivity index (χ2n) is 8.30. The number of carbonyl (C=O) groups excluding carboxylic acids is 1. The molecule has 1 saturated carbocycles. The van der Waals surface area contributed by atoms with Gasteiger partial charge in [0.25, 0.3) is 5.91 Å². The van der Waals surface area contributed by atoms with Gasteiger partial charge in [-0.25, -0.2) is 4.79 Å². The van der Waals surface area contributed by atoms with E-state index >= 15 is 0 Å². The molecule has 2 heterocycles. The number of fused-ring (bicyclic) bond motifs is 4. The van der Waals surface area contributed by atoms with E-state index in [1.807, 2.05) is 24.0 Å². The third kappa shape index (κ3) is 2.75. The van der Waals surface area contributed by atoms with Crippen LogP contribution < -0.4 is 10.4 Å². The summed E-state index contributed by atoms with van der Waals surface area (Å²) in [6.45, 7) is 3.70. The highest BCUT2D eigenvalue weighted by Crippen LogP contribution is 2.38. The van der Waals surface area contributed by atoms with Crippen LogP contribution in [0.4, 0.5) is 0 Å². The molecule has 5 rings (SSSR count). The van der Waals surface area contributed by atoms with Gasteiger partial charge in [-0.05, 0) is 68.6 Å². The van der Waals surface area contributed by atoms with Crippen LogP contribution in [-0.2, 0) is 17.6 Å². The predicted octanol–water partition coefficient (Wildman–Crippen LogP) is 3.23. The number of ether oxygens (including phenoxy) is 1. The molecule has 2 aromatic rings. The first-order valence-electron chi connectivity index (χ1n) is 10.1. The van der Waals surface area contributed by atoms with Crippen molar-refractivity contribution in [1.82, 2.24) is 4.90 Å². The van der Waals surface area contributed by atoms with Crippen molar-refractivity contribution in [3.8, 4) is 5.75 Å². The van der Waals surface area contributed by atoms with Gasteiger partial charge in [0.2, 0.25) is 0 Å². The molecule has 5 nitrogen and oxygen atoms in total. The Morgan fingerprint density at radius 3 is 2.67 bits per heavy atom. The first-order valence-corrected chi connectivity index (χ1v) is 10.1. The molecule has 1 saturated heterocycles. The summed E-state index contributed by atoms with van der Waals surface area (Å²) in [5.41, 5.74) is 3.11. The number of rotatable bonds is 3. The van der Waals surface area contributed by atoms with Gasteiger partial charge in [0.1, 0.15) is 11.3 Å². The van der Waals surface area contributed by atoms with Gasteiger partial charge < -0.3 is 14.1 Å². The lowest BCUT2D eigenvalue weighted by atomic mass is 10.0. The Morgan fingerprint density at radius 1 is 1.15 bits per heavy atom. The van der Waals surface area contributed by atoms with Crippen LogP contribution in [0.25, 0.3) is 11.0 Å². The van der Waals surface area contributed by atoms with E-state index in [1.165, 1.54) is 19.3 Å². The van der Waals surface area contributed by atoms with E-state index in [-0.39, 0.29) is 18.1 Å². The number of nitrogens with zero attached hydrogens (tertiary/aromatic N) is 1. The largest absolute Gasteiger partial charge is 0.483 e. The minimum atomic E-state index is -0.227. The predicted molar refractivity (Wildman–Crippen MR) is 102 cm³/mol. The Labute approximate surface area is 158 Å². The van der Waals surface area contributed by atoms with Crippen molar-refractivity contribution in [3.63, 3.8) is 0 Å². The molecule has 0 spiro atoms. The molecular formula is C22H25NO4. The first kappa shape index (κ1) is 16.8. The fraction of sp³-hybridized carbons (Fsp3) is 0.545. The summed E-state index contributed by atoms with van der Waals surface area (Å²) in [6.07, 6.45) is 6.54. The molecule has 1 amide bonds. The molecule has 2 fully saturated rings. The number of amides is 1. The van der Waals surface area contributed by atoms with E-state index in [4.69, 9.17) is 9.15 Å². The van der Waals surface area contributed by atoms with Gasteiger partial charge >= 0.3 is 5.63 Å². The average Bonchev–Trinajstić information content (AvgIpc) is 3.37. The molecular weight excluding hydrogens is 342 g/mol. The minimum Gasteiger partial charge on any atom is -0.483 e. The van der Waals surface area contributed by atoms with Crippen LogP contribution in [-0.4, -0.2) is 30.5 Å². The van der Waals surface area contributed by atoms with E-state index in [1.54, 1.807) is 0 Å². The Morgan fingerprint density at radius 2 is 1.89 bits per heavy atom. The minimum absolute atomic E-state index is 0.0426. The molecule has 2 atom stereocenters. The summed E-state index contributed by atoms with van der Waals surface area (Å²) in [7, 11) is 0. The molecule has 0 unspecified atom stereocenters. The van der Waals surface area contributed by atoms with Crippen molar-refractivity contribution in [1.29, 1.82) is 0 Å². The summed E-state index contributed by atoms with van der Waals surface area (Å²) in [6, 6.07) is 3.87. The molecule has 1 aliphatic heterocycles. The van der Waals surface area contributed by atoms with Crippen molar-refractivity contribution in [2.24, 2.45) is 11.8 Å². The first-order chi connectivity index (χ1) is 13.1. The van der Waals surface area contributed by atoms with Gasteiger partial charge in [-0.15, -0.1) is 0 Å². The topological polar surface area (TPSA) is 59.8 Å². The van der Waals surface area contributed by atoms with Crippen molar-refractivity contribution < 1.29 is 13.9 Å². The van der Waals surface area contributed by atoms with Crippen LogP contribution in [0, 0.1) is 18.8 Å². The van der Waals surface area contributed by atoms with Gasteiger partial charge in [0.15, 0.2) is 6.61 Å². The Bertz CT molecular complexity index is 964. The van der Waals surface area contributed by atoms with E-state index < -0.39 is 0 Å². The molecule has 1 aromatic carbocycles. The number of carbonyl (C=O) groups is 1. The van der Waals surface area contributed by atoms with E-state index in [0.717, 1.165) is 54.4 Å². The molecule has 1 aromatic heterocycles. The second kappa shape index (κ2) is 6.39. The number of benzene rings is 1. The van der Waals surface area contributed by atoms with Crippen molar-refractivity contribution >= 4 is 16.9 Å². The Hall–Kier alpha value is -2.30. The summed E-state index contributed by atoms with van der Waals surface area (Å²) in [5.74, 6) is 2.05. The van der Waals surface area contributed by atoms with Crippen molar-refractivity contribution in [3.05, 3.63) is 39.2 Å². The zero-order valence-electron chi connectivity index (χ0n) is 15.8. The van der Waals surface area contributed by atoms with Crippen LogP contribution >= 0.6 is 0 Å². The van der Waals surface area contributed by atoms with E-state index in [9.17, 15) is 9.59 Å². The maximum atomic E-state index is 12.6. The molecule has 2 aliphatic carbocycles. The van der Waals surface area contributed by atoms with Crippen LogP contribution in [0.1, 0.15) is 42.4 Å². The molecule has 0 radical (unpaired) electrons. The Kier molecular flexibility index (Phi) is 3.99.